The van der Waals surface area contributed by atoms with Crippen molar-refractivity contribution in [2.75, 3.05) is 13.7 Å². The Morgan fingerprint density at radius 3 is 2.06 bits per heavy atom. The van der Waals surface area contributed by atoms with E-state index in [-0.39, 0.29) is 6.61 Å². The predicted molar refractivity (Wildman–Crippen MR) is 141 cm³/mol. The molecule has 3 aromatic rings. The third-order valence-electron chi connectivity index (χ3n) is 4.70. The van der Waals surface area contributed by atoms with Crippen molar-refractivity contribution in [2.45, 2.75) is 19.1 Å². The number of aliphatic hydroxyl groups is 1. The van der Waals surface area contributed by atoms with E-state index in [1.165, 1.54) is 0 Å². The first-order valence-corrected chi connectivity index (χ1v) is 12.2. The molecule has 0 heterocycles. The number of hydrogen-bond acceptors (Lipinski definition) is 5. The number of carboxylic acid groups (broad SMARTS) is 1. The number of amides is 1. The van der Waals surface area contributed by atoms with Gasteiger partial charge in [0.05, 0.1) is 26.9 Å². The maximum absolute atomic E-state index is 10.9. The molecule has 7 nitrogen and oxygen atoms in total. The standard InChI is InChI=1S/C24H23I2NO6/c1-31-18-4-2-15(3-5-18)14-32-19-6-8-20(9-7-19)33-23-21(25)11-16(12-22(23)26)10-17(13-28)27-24(29)30/h2-9,11-12,17,27-28H,10,13-14H2,1H3,(H,29,30). The van der Waals surface area contributed by atoms with E-state index < -0.39 is 12.1 Å². The lowest BCUT2D eigenvalue weighted by atomic mass is 10.1. The number of halogens is 2. The fraction of sp³-hybridized carbons (Fsp3) is 0.208. The summed E-state index contributed by atoms with van der Waals surface area (Å²) in [7, 11) is 1.64. The Kier molecular flexibility index (Phi) is 9.44. The summed E-state index contributed by atoms with van der Waals surface area (Å²) in [5.74, 6) is 2.94. The van der Waals surface area contributed by atoms with Crippen molar-refractivity contribution in [1.82, 2.24) is 5.32 Å². The van der Waals surface area contributed by atoms with Gasteiger partial charge in [0.1, 0.15) is 23.9 Å². The second-order valence-electron chi connectivity index (χ2n) is 7.13. The van der Waals surface area contributed by atoms with Crippen molar-refractivity contribution in [3.63, 3.8) is 0 Å². The molecule has 3 rings (SSSR count). The van der Waals surface area contributed by atoms with Gasteiger partial charge in [-0.1, -0.05) is 12.1 Å². The Hall–Kier alpha value is -2.25. The number of hydrogen-bond donors (Lipinski definition) is 3. The molecule has 0 radical (unpaired) electrons. The zero-order chi connectivity index (χ0) is 23.8. The third kappa shape index (κ3) is 7.64. The average molecular weight is 675 g/mol. The largest absolute Gasteiger partial charge is 0.497 e. The minimum Gasteiger partial charge on any atom is -0.497 e. The first-order chi connectivity index (χ1) is 15.9. The van der Waals surface area contributed by atoms with E-state index in [2.05, 4.69) is 50.5 Å². The van der Waals surface area contributed by atoms with Crippen molar-refractivity contribution < 1.29 is 29.2 Å². The van der Waals surface area contributed by atoms with E-state index in [4.69, 9.17) is 19.3 Å². The number of ether oxygens (including phenoxy) is 3. The van der Waals surface area contributed by atoms with Gasteiger partial charge in [0.15, 0.2) is 5.75 Å². The summed E-state index contributed by atoms with van der Waals surface area (Å²) in [5, 5.41) is 20.6. The monoisotopic (exact) mass is 675 g/mol. The van der Waals surface area contributed by atoms with Crippen molar-refractivity contribution in [3.8, 4) is 23.0 Å². The van der Waals surface area contributed by atoms with Crippen LogP contribution in [0.15, 0.2) is 60.7 Å². The highest BCUT2D eigenvalue weighted by Gasteiger charge is 2.15. The molecule has 1 unspecified atom stereocenters. The van der Waals surface area contributed by atoms with E-state index in [1.807, 2.05) is 60.7 Å². The van der Waals surface area contributed by atoms with Gasteiger partial charge in [-0.2, -0.15) is 0 Å². The van der Waals surface area contributed by atoms with Crippen LogP contribution in [0.25, 0.3) is 0 Å². The zero-order valence-electron chi connectivity index (χ0n) is 17.8. The summed E-state index contributed by atoms with van der Waals surface area (Å²) in [5.41, 5.74) is 1.95. The Labute approximate surface area is 219 Å². The molecule has 0 aliphatic rings. The summed E-state index contributed by atoms with van der Waals surface area (Å²) in [6, 6.07) is 18.4. The smallest absolute Gasteiger partial charge is 0.404 e. The van der Waals surface area contributed by atoms with Crippen molar-refractivity contribution >= 4 is 51.3 Å². The summed E-state index contributed by atoms with van der Waals surface area (Å²) >= 11 is 4.38. The molecule has 0 fully saturated rings. The molecule has 0 saturated carbocycles. The fourth-order valence-electron chi connectivity index (χ4n) is 3.06. The second-order valence-corrected chi connectivity index (χ2v) is 9.46. The predicted octanol–water partition coefficient (Wildman–Crippen LogP) is 5.45. The van der Waals surface area contributed by atoms with Crippen molar-refractivity contribution in [2.24, 2.45) is 0 Å². The van der Waals surface area contributed by atoms with Crippen LogP contribution in [-0.2, 0) is 13.0 Å². The van der Waals surface area contributed by atoms with E-state index in [0.717, 1.165) is 35.5 Å². The van der Waals surface area contributed by atoms with Crippen LogP contribution in [0.4, 0.5) is 4.79 Å². The van der Waals surface area contributed by atoms with Gasteiger partial charge in [-0.25, -0.2) is 4.79 Å². The Morgan fingerprint density at radius 2 is 1.52 bits per heavy atom. The van der Waals surface area contributed by atoms with Crippen molar-refractivity contribution in [1.29, 1.82) is 0 Å². The number of carbonyl (C=O) groups is 1. The molecule has 0 bridgehead atoms. The topological polar surface area (TPSA) is 97.3 Å². The molecule has 0 aliphatic heterocycles. The average Bonchev–Trinajstić information content (AvgIpc) is 2.80. The van der Waals surface area contributed by atoms with Gasteiger partial charge in [-0.05, 0) is 111 Å². The Balaban J connectivity index is 1.62. The van der Waals surface area contributed by atoms with Gasteiger partial charge >= 0.3 is 6.09 Å². The molecule has 0 saturated heterocycles. The van der Waals surface area contributed by atoms with Gasteiger partial charge in [-0.3, -0.25) is 0 Å². The number of benzene rings is 3. The molecular weight excluding hydrogens is 652 g/mol. The van der Waals surface area contributed by atoms with Gasteiger partial charge in [0, 0.05) is 0 Å². The van der Waals surface area contributed by atoms with Crippen LogP contribution in [0.2, 0.25) is 0 Å². The van der Waals surface area contributed by atoms with E-state index in [9.17, 15) is 9.90 Å². The van der Waals surface area contributed by atoms with Gasteiger partial charge < -0.3 is 29.7 Å². The molecule has 0 spiro atoms. The summed E-state index contributed by atoms with van der Waals surface area (Å²) in [6.45, 7) is 0.178. The molecule has 174 valence electrons. The molecule has 0 aliphatic carbocycles. The molecule has 3 aromatic carbocycles. The lowest BCUT2D eigenvalue weighted by molar-refractivity contribution is 0.177. The van der Waals surface area contributed by atoms with Crippen LogP contribution in [0.3, 0.4) is 0 Å². The number of nitrogens with one attached hydrogen (secondary N) is 1. The lowest BCUT2D eigenvalue weighted by Gasteiger charge is -2.16. The molecule has 1 atom stereocenters. The van der Waals surface area contributed by atoms with E-state index >= 15 is 0 Å². The van der Waals surface area contributed by atoms with Crippen molar-refractivity contribution in [3.05, 3.63) is 78.9 Å². The number of rotatable bonds is 10. The van der Waals surface area contributed by atoms with E-state index in [0.29, 0.717) is 18.8 Å². The second kappa shape index (κ2) is 12.3. The lowest BCUT2D eigenvalue weighted by Crippen LogP contribution is -2.38. The Bertz CT molecular complexity index is 1050. The maximum Gasteiger partial charge on any atom is 0.404 e. The highest BCUT2D eigenvalue weighted by Crippen LogP contribution is 2.34. The molecule has 33 heavy (non-hydrogen) atoms. The van der Waals surface area contributed by atoms with Crippen LogP contribution in [0.5, 0.6) is 23.0 Å². The minimum absolute atomic E-state index is 0.273. The molecule has 3 N–H and O–H groups in total. The first-order valence-electron chi connectivity index (χ1n) is 10.00. The zero-order valence-corrected chi connectivity index (χ0v) is 22.1. The Morgan fingerprint density at radius 1 is 0.939 bits per heavy atom. The van der Waals surface area contributed by atoms with E-state index in [1.54, 1.807) is 7.11 Å². The summed E-state index contributed by atoms with van der Waals surface area (Å²) in [4.78, 5) is 10.9. The number of aliphatic hydroxyl groups excluding tert-OH is 1. The van der Waals surface area contributed by atoms with Crippen LogP contribution in [0.1, 0.15) is 11.1 Å². The highest BCUT2D eigenvalue weighted by molar-refractivity contribution is 14.1. The summed E-state index contributed by atoms with van der Waals surface area (Å²) in [6.07, 6.45) is -0.773. The quantitative estimate of drug-likeness (QED) is 0.248. The molecule has 9 heteroatoms. The van der Waals surface area contributed by atoms with Crippen LogP contribution in [0, 0.1) is 7.14 Å². The summed E-state index contributed by atoms with van der Waals surface area (Å²) < 4.78 is 18.9. The van der Waals surface area contributed by atoms with Gasteiger partial charge in [0.25, 0.3) is 0 Å². The fourth-order valence-corrected chi connectivity index (χ4v) is 5.18. The van der Waals surface area contributed by atoms with Gasteiger partial charge in [-0.15, -0.1) is 0 Å². The normalized spacial score (nSPS) is 11.5. The van der Waals surface area contributed by atoms with Crippen LogP contribution in [-0.4, -0.2) is 36.1 Å². The highest BCUT2D eigenvalue weighted by atomic mass is 127. The molecule has 0 aromatic heterocycles. The maximum atomic E-state index is 10.9. The van der Waals surface area contributed by atoms with Crippen LogP contribution >= 0.6 is 45.2 Å². The molecular formula is C24H23I2NO6. The minimum atomic E-state index is -1.16. The van der Waals surface area contributed by atoms with Crippen LogP contribution < -0.4 is 19.5 Å². The van der Waals surface area contributed by atoms with Gasteiger partial charge in [0.2, 0.25) is 0 Å². The third-order valence-corrected chi connectivity index (χ3v) is 6.30. The first kappa shape index (κ1) is 25.4. The SMILES string of the molecule is COc1ccc(COc2ccc(Oc3c(I)cc(CC(CO)NC(=O)O)cc3I)cc2)cc1. The molecule has 1 amide bonds. The number of methoxy groups -OCH3 is 1.